The number of rotatable bonds is 4. The lowest BCUT2D eigenvalue weighted by Crippen LogP contribution is -2.69. The van der Waals surface area contributed by atoms with E-state index in [-0.39, 0.29) is 29.8 Å². The maximum atomic E-state index is 13.4. The first kappa shape index (κ1) is 21.1. The van der Waals surface area contributed by atoms with Crippen molar-refractivity contribution < 1.29 is 18.8 Å². The van der Waals surface area contributed by atoms with Gasteiger partial charge in [-0.05, 0) is 55.5 Å². The molecule has 0 aliphatic carbocycles. The standard InChI is InChI=1S/C24H27N3O4S/c1-15-5-6-17(12-16(15)2)21-22(26-14-32-13-20(26)28)24(30)27(21)18-7-9-25(10-8-18)23(29)19-4-3-11-31-19/h3-6,11-12,18,21-22H,7-10,13-14H2,1-2H3/t21-,22+/m1/s1. The molecule has 3 amide bonds. The third kappa shape index (κ3) is 3.50. The molecule has 2 aromatic rings. The van der Waals surface area contributed by atoms with Crippen LogP contribution >= 0.6 is 11.8 Å². The van der Waals surface area contributed by atoms with Gasteiger partial charge in [0, 0.05) is 19.1 Å². The summed E-state index contributed by atoms with van der Waals surface area (Å²) < 4.78 is 5.25. The van der Waals surface area contributed by atoms with Gasteiger partial charge in [0.1, 0.15) is 6.04 Å². The van der Waals surface area contributed by atoms with Crippen molar-refractivity contribution in [3.8, 4) is 0 Å². The molecule has 3 fully saturated rings. The Hall–Kier alpha value is -2.74. The molecule has 3 aliphatic heterocycles. The second-order valence-corrected chi connectivity index (χ2v) is 9.78. The van der Waals surface area contributed by atoms with Gasteiger partial charge in [0.25, 0.3) is 5.91 Å². The summed E-state index contributed by atoms with van der Waals surface area (Å²) in [6, 6.07) is 9.20. The maximum Gasteiger partial charge on any atom is 0.289 e. The summed E-state index contributed by atoms with van der Waals surface area (Å²) in [5.41, 5.74) is 3.47. The zero-order valence-corrected chi connectivity index (χ0v) is 19.1. The monoisotopic (exact) mass is 453 g/mol. The highest BCUT2D eigenvalue weighted by atomic mass is 32.2. The van der Waals surface area contributed by atoms with Gasteiger partial charge in [0.05, 0.1) is 23.9 Å². The molecule has 0 saturated carbocycles. The van der Waals surface area contributed by atoms with Gasteiger partial charge in [-0.2, -0.15) is 0 Å². The van der Waals surface area contributed by atoms with Crippen LogP contribution < -0.4 is 0 Å². The summed E-state index contributed by atoms with van der Waals surface area (Å²) in [6.45, 7) is 5.31. The second-order valence-electron chi connectivity index (χ2n) is 8.82. The van der Waals surface area contributed by atoms with E-state index >= 15 is 0 Å². The van der Waals surface area contributed by atoms with Gasteiger partial charge in [-0.1, -0.05) is 18.2 Å². The molecule has 0 bridgehead atoms. The van der Waals surface area contributed by atoms with Crippen molar-refractivity contribution in [2.24, 2.45) is 0 Å². The predicted octanol–water partition coefficient (Wildman–Crippen LogP) is 2.99. The van der Waals surface area contributed by atoms with Gasteiger partial charge in [-0.3, -0.25) is 14.4 Å². The van der Waals surface area contributed by atoms with Crippen LogP contribution in [0.4, 0.5) is 0 Å². The van der Waals surface area contributed by atoms with Gasteiger partial charge in [0.15, 0.2) is 5.76 Å². The number of thioether (sulfide) groups is 1. The first-order valence-corrected chi connectivity index (χ1v) is 12.2. The van der Waals surface area contributed by atoms with E-state index in [4.69, 9.17) is 4.42 Å². The van der Waals surface area contributed by atoms with Crippen molar-refractivity contribution in [1.82, 2.24) is 14.7 Å². The molecule has 8 heteroatoms. The van der Waals surface area contributed by atoms with Crippen molar-refractivity contribution in [2.75, 3.05) is 24.7 Å². The van der Waals surface area contributed by atoms with Gasteiger partial charge in [-0.15, -0.1) is 11.8 Å². The second kappa shape index (κ2) is 8.31. The topological polar surface area (TPSA) is 74.1 Å². The highest BCUT2D eigenvalue weighted by Gasteiger charge is 2.55. The Bertz CT molecular complexity index is 1050. The van der Waals surface area contributed by atoms with E-state index in [0.717, 1.165) is 18.4 Å². The van der Waals surface area contributed by atoms with Crippen LogP contribution in [0.15, 0.2) is 41.0 Å². The Kier molecular flexibility index (Phi) is 5.49. The van der Waals surface area contributed by atoms with Crippen LogP contribution in [0.3, 0.4) is 0 Å². The lowest BCUT2D eigenvalue weighted by molar-refractivity contribution is -0.169. The number of hydrogen-bond acceptors (Lipinski definition) is 5. The minimum absolute atomic E-state index is 0.0277. The molecule has 0 radical (unpaired) electrons. The van der Waals surface area contributed by atoms with Crippen LogP contribution in [0.1, 0.15) is 46.1 Å². The Balaban J connectivity index is 1.36. The summed E-state index contributed by atoms with van der Waals surface area (Å²) in [5.74, 6) is 1.32. The summed E-state index contributed by atoms with van der Waals surface area (Å²) in [4.78, 5) is 43.9. The number of likely N-dealkylation sites (tertiary alicyclic amines) is 2. The van der Waals surface area contributed by atoms with E-state index in [2.05, 4.69) is 32.0 Å². The minimum atomic E-state index is -0.428. The van der Waals surface area contributed by atoms with E-state index < -0.39 is 6.04 Å². The van der Waals surface area contributed by atoms with E-state index in [1.165, 1.54) is 17.4 Å². The first-order valence-electron chi connectivity index (χ1n) is 11.0. The number of hydrogen-bond donors (Lipinski definition) is 0. The first-order chi connectivity index (χ1) is 15.5. The fourth-order valence-electron chi connectivity index (χ4n) is 5.02. The van der Waals surface area contributed by atoms with E-state index in [0.29, 0.717) is 30.5 Å². The minimum Gasteiger partial charge on any atom is -0.459 e. The molecular weight excluding hydrogens is 426 g/mol. The molecule has 3 aliphatic rings. The third-order valence-electron chi connectivity index (χ3n) is 6.97. The van der Waals surface area contributed by atoms with Gasteiger partial charge in [-0.25, -0.2) is 0 Å². The zero-order chi connectivity index (χ0) is 22.4. The van der Waals surface area contributed by atoms with Gasteiger partial charge < -0.3 is 19.1 Å². The number of nitrogens with zero attached hydrogens (tertiary/aromatic N) is 3. The lowest BCUT2D eigenvalue weighted by atomic mass is 9.83. The van der Waals surface area contributed by atoms with Crippen LogP contribution in [-0.4, -0.2) is 69.2 Å². The molecular formula is C24H27N3O4S. The van der Waals surface area contributed by atoms with Crippen molar-refractivity contribution >= 4 is 29.5 Å². The van der Waals surface area contributed by atoms with Crippen LogP contribution in [-0.2, 0) is 9.59 Å². The molecule has 168 valence electrons. The Morgan fingerprint density at radius 1 is 1.06 bits per heavy atom. The molecule has 4 heterocycles. The average molecular weight is 454 g/mol. The van der Waals surface area contributed by atoms with Crippen LogP contribution in [0.25, 0.3) is 0 Å². The average Bonchev–Trinajstić information content (AvgIpc) is 3.47. The van der Waals surface area contributed by atoms with Gasteiger partial charge in [0.2, 0.25) is 11.8 Å². The van der Waals surface area contributed by atoms with E-state index in [1.54, 1.807) is 33.7 Å². The molecule has 5 rings (SSSR count). The van der Waals surface area contributed by atoms with Crippen molar-refractivity contribution in [3.63, 3.8) is 0 Å². The number of carbonyl (C=O) groups excluding carboxylic acids is 3. The molecule has 1 aromatic heterocycles. The quantitative estimate of drug-likeness (QED) is 0.666. The van der Waals surface area contributed by atoms with E-state index in [1.807, 2.05) is 4.90 Å². The maximum absolute atomic E-state index is 13.4. The number of aryl methyl sites for hydroxylation is 2. The number of amides is 3. The Morgan fingerprint density at radius 2 is 1.84 bits per heavy atom. The molecule has 2 atom stereocenters. The summed E-state index contributed by atoms with van der Waals surface area (Å²) in [6.07, 6.45) is 2.94. The number of furan rings is 1. The normalized spacial score (nSPS) is 24.2. The molecule has 0 spiro atoms. The summed E-state index contributed by atoms with van der Waals surface area (Å²) >= 11 is 1.56. The molecule has 3 saturated heterocycles. The van der Waals surface area contributed by atoms with Crippen LogP contribution in [0.5, 0.6) is 0 Å². The van der Waals surface area contributed by atoms with E-state index in [9.17, 15) is 14.4 Å². The fraction of sp³-hybridized carbons (Fsp3) is 0.458. The SMILES string of the molecule is Cc1ccc([C@@H]2[C@H](N3CSCC3=O)C(=O)N2C2CCN(C(=O)c3ccco3)CC2)cc1C. The Labute approximate surface area is 191 Å². The van der Waals surface area contributed by atoms with Crippen LogP contribution in [0, 0.1) is 13.8 Å². The van der Waals surface area contributed by atoms with Gasteiger partial charge >= 0.3 is 0 Å². The lowest BCUT2D eigenvalue weighted by Gasteiger charge is -2.55. The summed E-state index contributed by atoms with van der Waals surface area (Å²) in [5, 5.41) is 0. The number of β-lactam (4-membered cyclic amide) rings is 1. The number of benzene rings is 1. The smallest absolute Gasteiger partial charge is 0.289 e. The number of carbonyl (C=O) groups is 3. The highest BCUT2D eigenvalue weighted by Crippen LogP contribution is 2.44. The molecule has 7 nitrogen and oxygen atoms in total. The predicted molar refractivity (Wildman–Crippen MR) is 121 cm³/mol. The molecule has 32 heavy (non-hydrogen) atoms. The molecule has 0 N–H and O–H groups in total. The Morgan fingerprint density at radius 3 is 2.47 bits per heavy atom. The fourth-order valence-corrected chi connectivity index (χ4v) is 5.96. The van der Waals surface area contributed by atoms with Crippen molar-refractivity contribution in [2.45, 2.75) is 44.8 Å². The van der Waals surface area contributed by atoms with Crippen LogP contribution in [0.2, 0.25) is 0 Å². The highest BCUT2D eigenvalue weighted by molar-refractivity contribution is 8.00. The largest absolute Gasteiger partial charge is 0.459 e. The molecule has 1 aromatic carbocycles. The number of piperidine rings is 1. The zero-order valence-electron chi connectivity index (χ0n) is 18.3. The summed E-state index contributed by atoms with van der Waals surface area (Å²) in [7, 11) is 0. The van der Waals surface area contributed by atoms with Crippen molar-refractivity contribution in [1.29, 1.82) is 0 Å². The third-order valence-corrected chi connectivity index (χ3v) is 7.88. The molecule has 0 unspecified atom stereocenters. The van der Waals surface area contributed by atoms with Crippen molar-refractivity contribution in [3.05, 3.63) is 59.0 Å².